The second kappa shape index (κ2) is 11.0. The van der Waals surface area contributed by atoms with Crippen molar-refractivity contribution >= 4 is 34.8 Å². The number of nitrogens with one attached hydrogen (secondary N) is 1. The van der Waals surface area contributed by atoms with E-state index in [1.807, 2.05) is 61.5 Å². The molecule has 0 aliphatic rings. The van der Waals surface area contributed by atoms with Crippen LogP contribution in [0.1, 0.15) is 16.7 Å². The molecule has 3 nitrogen and oxygen atoms in total. The number of carbonyl (C=O) groups is 1. The summed E-state index contributed by atoms with van der Waals surface area (Å²) in [7, 11) is 0. The van der Waals surface area contributed by atoms with Crippen molar-refractivity contribution in [2.24, 2.45) is 0 Å². The number of amides is 1. The molecule has 176 valence electrons. The number of para-hydroxylation sites is 1. The van der Waals surface area contributed by atoms with Gasteiger partial charge in [-0.25, -0.2) is 0 Å². The van der Waals surface area contributed by atoms with Crippen LogP contribution in [0.3, 0.4) is 0 Å². The maximum atomic E-state index is 13.5. The van der Waals surface area contributed by atoms with Gasteiger partial charge in [0.05, 0.1) is 0 Å². The minimum atomic E-state index is -2.99. The molecule has 0 fully saturated rings. The number of carbonyl (C=O) groups excluding carboxylic acids is 1. The van der Waals surface area contributed by atoms with Gasteiger partial charge in [-0.2, -0.15) is 8.78 Å². The fourth-order valence-corrected chi connectivity index (χ4v) is 3.82. The summed E-state index contributed by atoms with van der Waals surface area (Å²) in [6.45, 7) is -1.18. The highest BCUT2D eigenvalue weighted by Gasteiger charge is 2.17. The minimum Gasteiger partial charge on any atom is -0.434 e. The first-order valence-corrected chi connectivity index (χ1v) is 11.3. The van der Waals surface area contributed by atoms with Crippen molar-refractivity contribution in [2.75, 3.05) is 5.32 Å². The number of halogens is 3. The fourth-order valence-electron chi connectivity index (χ4n) is 3.64. The van der Waals surface area contributed by atoms with Gasteiger partial charge in [0, 0.05) is 21.8 Å². The molecule has 0 atom stereocenters. The van der Waals surface area contributed by atoms with Crippen molar-refractivity contribution in [2.45, 2.75) is 13.5 Å². The molecule has 0 radical (unpaired) electrons. The van der Waals surface area contributed by atoms with E-state index in [9.17, 15) is 13.6 Å². The number of anilines is 1. The average Bonchev–Trinajstić information content (AvgIpc) is 2.86. The minimum absolute atomic E-state index is 0.0207. The average molecular weight is 490 g/mol. The Morgan fingerprint density at radius 2 is 1.51 bits per heavy atom. The smallest absolute Gasteiger partial charge is 0.387 e. The van der Waals surface area contributed by atoms with Gasteiger partial charge in [0.25, 0.3) is 5.91 Å². The van der Waals surface area contributed by atoms with E-state index in [0.29, 0.717) is 21.8 Å². The lowest BCUT2D eigenvalue weighted by atomic mass is 9.98. The Labute approximate surface area is 207 Å². The highest BCUT2D eigenvalue weighted by Crippen LogP contribution is 2.30. The van der Waals surface area contributed by atoms with E-state index < -0.39 is 12.5 Å². The van der Waals surface area contributed by atoms with E-state index >= 15 is 0 Å². The Bertz CT molecular complexity index is 1350. The zero-order chi connectivity index (χ0) is 24.8. The summed E-state index contributed by atoms with van der Waals surface area (Å²) >= 11 is 6.22. The topological polar surface area (TPSA) is 38.3 Å². The highest BCUT2D eigenvalue weighted by molar-refractivity contribution is 6.32. The third kappa shape index (κ3) is 5.94. The standard InChI is InChI=1S/C29H22ClF2NO2/c1-19-25(30)11-7-12-26(19)33-28(34)24(18-23-10-5-6-13-27(23)35-29(31)32)22-16-14-21(15-17-22)20-8-3-2-4-9-20/h2-18,29H,1H3,(H,33,34). The van der Waals surface area contributed by atoms with Gasteiger partial charge < -0.3 is 10.1 Å². The Hall–Kier alpha value is -3.96. The van der Waals surface area contributed by atoms with Gasteiger partial charge in [-0.3, -0.25) is 4.79 Å². The first kappa shape index (κ1) is 24.2. The molecule has 0 spiro atoms. The number of alkyl halides is 2. The Morgan fingerprint density at radius 1 is 0.857 bits per heavy atom. The second-order valence-electron chi connectivity index (χ2n) is 7.78. The van der Waals surface area contributed by atoms with E-state index in [0.717, 1.165) is 16.7 Å². The van der Waals surface area contributed by atoms with Crippen LogP contribution in [0.15, 0.2) is 97.1 Å². The largest absolute Gasteiger partial charge is 0.434 e. The van der Waals surface area contributed by atoms with Crippen molar-refractivity contribution in [3.63, 3.8) is 0 Å². The van der Waals surface area contributed by atoms with Gasteiger partial charge in [0.1, 0.15) is 5.75 Å². The molecule has 0 aliphatic carbocycles. The molecular formula is C29H22ClF2NO2. The van der Waals surface area contributed by atoms with Crippen molar-refractivity contribution in [3.05, 3.63) is 119 Å². The molecule has 1 N–H and O–H groups in total. The van der Waals surface area contributed by atoms with Crippen LogP contribution in [0, 0.1) is 6.92 Å². The highest BCUT2D eigenvalue weighted by atomic mass is 35.5. The third-order valence-electron chi connectivity index (χ3n) is 5.50. The summed E-state index contributed by atoms with van der Waals surface area (Å²) in [6.07, 6.45) is 1.55. The van der Waals surface area contributed by atoms with Crippen molar-refractivity contribution < 1.29 is 18.3 Å². The van der Waals surface area contributed by atoms with E-state index in [-0.39, 0.29) is 11.3 Å². The summed E-state index contributed by atoms with van der Waals surface area (Å²) in [4.78, 5) is 13.5. The van der Waals surface area contributed by atoms with Gasteiger partial charge >= 0.3 is 6.61 Å². The molecule has 0 saturated carbocycles. The molecule has 0 heterocycles. The zero-order valence-corrected chi connectivity index (χ0v) is 19.6. The normalized spacial score (nSPS) is 11.4. The molecule has 4 aromatic carbocycles. The van der Waals surface area contributed by atoms with Crippen LogP contribution >= 0.6 is 11.6 Å². The zero-order valence-electron chi connectivity index (χ0n) is 18.8. The third-order valence-corrected chi connectivity index (χ3v) is 5.91. The SMILES string of the molecule is Cc1c(Cl)cccc1NC(=O)C(=Cc1ccccc1OC(F)F)c1ccc(-c2ccccc2)cc1. The molecular weight excluding hydrogens is 468 g/mol. The van der Waals surface area contributed by atoms with Crippen LogP contribution in [0.2, 0.25) is 5.02 Å². The molecule has 1 amide bonds. The maximum absolute atomic E-state index is 13.5. The molecule has 4 rings (SSSR count). The number of hydrogen-bond donors (Lipinski definition) is 1. The fraction of sp³-hybridized carbons (Fsp3) is 0.0690. The number of hydrogen-bond acceptors (Lipinski definition) is 2. The molecule has 0 aromatic heterocycles. The quantitative estimate of drug-likeness (QED) is 0.210. The first-order chi connectivity index (χ1) is 16.9. The predicted octanol–water partition coefficient (Wildman–Crippen LogP) is 8.10. The van der Waals surface area contributed by atoms with Crippen LogP contribution in [0.25, 0.3) is 22.8 Å². The molecule has 6 heteroatoms. The lowest BCUT2D eigenvalue weighted by Gasteiger charge is -2.14. The number of benzene rings is 4. The van der Waals surface area contributed by atoms with Crippen molar-refractivity contribution in [3.8, 4) is 16.9 Å². The number of ether oxygens (including phenoxy) is 1. The molecule has 0 saturated heterocycles. The van der Waals surface area contributed by atoms with Gasteiger partial charge in [-0.05, 0) is 53.5 Å². The Morgan fingerprint density at radius 3 is 2.23 bits per heavy atom. The van der Waals surface area contributed by atoms with E-state index in [2.05, 4.69) is 10.1 Å². The lowest BCUT2D eigenvalue weighted by molar-refractivity contribution is -0.111. The predicted molar refractivity (Wildman–Crippen MR) is 138 cm³/mol. The van der Waals surface area contributed by atoms with E-state index in [4.69, 9.17) is 11.6 Å². The van der Waals surface area contributed by atoms with Crippen LogP contribution in [0.4, 0.5) is 14.5 Å². The van der Waals surface area contributed by atoms with Crippen LogP contribution in [0.5, 0.6) is 5.75 Å². The van der Waals surface area contributed by atoms with Crippen molar-refractivity contribution in [1.29, 1.82) is 0 Å². The number of rotatable bonds is 7. The maximum Gasteiger partial charge on any atom is 0.387 e. The summed E-state index contributed by atoms with van der Waals surface area (Å²) in [5.41, 5.74) is 4.57. The molecule has 35 heavy (non-hydrogen) atoms. The first-order valence-electron chi connectivity index (χ1n) is 10.9. The summed E-state index contributed by atoms with van der Waals surface area (Å²) < 4.78 is 30.6. The second-order valence-corrected chi connectivity index (χ2v) is 8.19. The van der Waals surface area contributed by atoms with Crippen LogP contribution < -0.4 is 10.1 Å². The summed E-state index contributed by atoms with van der Waals surface area (Å²) in [5.74, 6) is -0.428. The summed E-state index contributed by atoms with van der Waals surface area (Å²) in [5, 5.41) is 3.42. The lowest BCUT2D eigenvalue weighted by Crippen LogP contribution is -2.14. The Kier molecular flexibility index (Phi) is 7.58. The van der Waals surface area contributed by atoms with E-state index in [1.54, 1.807) is 42.5 Å². The van der Waals surface area contributed by atoms with Gasteiger partial charge in [0.2, 0.25) is 0 Å². The van der Waals surface area contributed by atoms with Crippen molar-refractivity contribution in [1.82, 2.24) is 0 Å². The van der Waals surface area contributed by atoms with Crippen LogP contribution in [-0.4, -0.2) is 12.5 Å². The van der Waals surface area contributed by atoms with Gasteiger partial charge in [-0.15, -0.1) is 0 Å². The van der Waals surface area contributed by atoms with Gasteiger partial charge in [-0.1, -0.05) is 90.5 Å². The Balaban J connectivity index is 1.76. The molecule has 0 bridgehead atoms. The van der Waals surface area contributed by atoms with Crippen LogP contribution in [-0.2, 0) is 4.79 Å². The monoisotopic (exact) mass is 489 g/mol. The summed E-state index contributed by atoms with van der Waals surface area (Å²) in [6, 6.07) is 28.9. The molecule has 0 unspecified atom stereocenters. The molecule has 0 aliphatic heterocycles. The van der Waals surface area contributed by atoms with E-state index in [1.165, 1.54) is 6.07 Å². The molecule has 4 aromatic rings. The van der Waals surface area contributed by atoms with Gasteiger partial charge in [0.15, 0.2) is 0 Å².